The van der Waals surface area contributed by atoms with Gasteiger partial charge in [0, 0.05) is 22.0 Å². The van der Waals surface area contributed by atoms with Gasteiger partial charge in [-0.2, -0.15) is 0 Å². The molecule has 2 aromatic carbocycles. The van der Waals surface area contributed by atoms with Crippen molar-refractivity contribution >= 4 is 27.5 Å². The lowest BCUT2D eigenvalue weighted by Crippen LogP contribution is -2.10. The topological polar surface area (TPSA) is 66.9 Å². The summed E-state index contributed by atoms with van der Waals surface area (Å²) < 4.78 is 0.967. The highest BCUT2D eigenvalue weighted by molar-refractivity contribution is 9.10. The minimum Gasteiger partial charge on any atom is -0.384 e. The average Bonchev–Trinajstić information content (AvgIpc) is 2.46. The molecule has 0 aliphatic rings. The van der Waals surface area contributed by atoms with Gasteiger partial charge in [0.1, 0.15) is 5.84 Å². The molecule has 0 bridgehead atoms. The van der Waals surface area contributed by atoms with Gasteiger partial charge in [-0.1, -0.05) is 52.3 Å². The van der Waals surface area contributed by atoms with Gasteiger partial charge in [0.2, 0.25) is 0 Å². The molecule has 102 valence electrons. The minimum atomic E-state index is 0.0579. The minimum absolute atomic E-state index is 0.0579. The van der Waals surface area contributed by atoms with Crippen LogP contribution in [0.25, 0.3) is 0 Å². The molecule has 0 amide bonds. The van der Waals surface area contributed by atoms with Crippen LogP contribution in [0.2, 0.25) is 0 Å². The van der Waals surface area contributed by atoms with Gasteiger partial charge in [0.15, 0.2) is 5.78 Å². The summed E-state index contributed by atoms with van der Waals surface area (Å²) in [7, 11) is 0. The first-order valence-electron chi connectivity index (χ1n) is 6.28. The monoisotopic (exact) mass is 330 g/mol. The fraction of sp³-hybridized carbons (Fsp3) is 0.125. The maximum atomic E-state index is 12.0. The normalized spacial score (nSPS) is 10.2. The van der Waals surface area contributed by atoms with Crippen molar-refractivity contribution in [1.29, 1.82) is 5.41 Å². The van der Waals surface area contributed by atoms with E-state index in [-0.39, 0.29) is 11.6 Å². The van der Waals surface area contributed by atoms with Crippen LogP contribution in [-0.4, -0.2) is 11.6 Å². The summed E-state index contributed by atoms with van der Waals surface area (Å²) in [6.07, 6.45) is 1.16. The van der Waals surface area contributed by atoms with Crippen LogP contribution in [-0.2, 0) is 6.42 Å². The largest absolute Gasteiger partial charge is 0.384 e. The van der Waals surface area contributed by atoms with Crippen LogP contribution in [0.3, 0.4) is 0 Å². The third kappa shape index (κ3) is 3.78. The molecule has 0 aromatic heterocycles. The van der Waals surface area contributed by atoms with Crippen LogP contribution in [0.5, 0.6) is 0 Å². The predicted octanol–water partition coefficient (Wildman–Crippen LogP) is 3.55. The number of Topliss-reactive ketones (excluding diaryl/α,β-unsaturated/α-hetero) is 1. The molecule has 0 heterocycles. The van der Waals surface area contributed by atoms with Crippen molar-refractivity contribution in [2.45, 2.75) is 12.8 Å². The zero-order chi connectivity index (χ0) is 14.5. The van der Waals surface area contributed by atoms with Crippen LogP contribution in [0, 0.1) is 5.41 Å². The molecular weight excluding hydrogens is 316 g/mol. The molecule has 0 saturated heterocycles. The van der Waals surface area contributed by atoms with Crippen LogP contribution in [0.4, 0.5) is 0 Å². The Hall–Kier alpha value is -1.94. The zero-order valence-electron chi connectivity index (χ0n) is 10.9. The summed E-state index contributed by atoms with van der Waals surface area (Å²) in [6.45, 7) is 0. The lowest BCUT2D eigenvalue weighted by Gasteiger charge is -2.04. The van der Waals surface area contributed by atoms with E-state index < -0.39 is 0 Å². The van der Waals surface area contributed by atoms with Crippen LogP contribution >= 0.6 is 15.9 Å². The summed E-state index contributed by atoms with van der Waals surface area (Å²) in [6, 6.07) is 14.8. The molecule has 0 unspecified atom stereocenters. The number of amidine groups is 1. The zero-order valence-corrected chi connectivity index (χ0v) is 12.5. The van der Waals surface area contributed by atoms with Crippen molar-refractivity contribution in [2.75, 3.05) is 0 Å². The van der Waals surface area contributed by atoms with Crippen LogP contribution in [0.1, 0.15) is 27.9 Å². The summed E-state index contributed by atoms with van der Waals surface area (Å²) >= 11 is 3.35. The highest BCUT2D eigenvalue weighted by atomic mass is 79.9. The van der Waals surface area contributed by atoms with Crippen molar-refractivity contribution in [2.24, 2.45) is 5.73 Å². The molecule has 0 fully saturated rings. The average molecular weight is 331 g/mol. The molecule has 0 aliphatic heterocycles. The molecule has 3 nitrogen and oxygen atoms in total. The molecule has 3 N–H and O–H groups in total. The Bertz CT molecular complexity index is 618. The molecule has 4 heteroatoms. The Morgan fingerprint density at radius 2 is 1.55 bits per heavy atom. The van der Waals surface area contributed by atoms with Crippen LogP contribution in [0.15, 0.2) is 53.0 Å². The van der Waals surface area contributed by atoms with Crippen LogP contribution < -0.4 is 5.73 Å². The predicted molar refractivity (Wildman–Crippen MR) is 84.3 cm³/mol. The maximum Gasteiger partial charge on any atom is 0.163 e. The van der Waals surface area contributed by atoms with Gasteiger partial charge in [-0.15, -0.1) is 0 Å². The van der Waals surface area contributed by atoms with E-state index in [1.807, 2.05) is 48.5 Å². The van der Waals surface area contributed by atoms with Crippen molar-refractivity contribution in [1.82, 2.24) is 0 Å². The SMILES string of the molecule is N=C(N)c1ccc(CCC(=O)c2ccc(Br)cc2)cc1. The Labute approximate surface area is 126 Å². The number of halogens is 1. The third-order valence-electron chi connectivity index (χ3n) is 3.07. The molecule has 0 aliphatic carbocycles. The summed E-state index contributed by atoms with van der Waals surface area (Å²) in [5, 5.41) is 7.33. The molecule has 0 saturated carbocycles. The lowest BCUT2D eigenvalue weighted by atomic mass is 10.0. The molecule has 2 rings (SSSR count). The fourth-order valence-electron chi connectivity index (χ4n) is 1.89. The first-order valence-corrected chi connectivity index (χ1v) is 7.07. The fourth-order valence-corrected chi connectivity index (χ4v) is 2.15. The van der Waals surface area contributed by atoms with E-state index in [1.165, 1.54) is 0 Å². The molecular formula is C16H15BrN2O. The number of benzene rings is 2. The number of hydrogen-bond donors (Lipinski definition) is 2. The second-order valence-electron chi connectivity index (χ2n) is 4.54. The Morgan fingerprint density at radius 1 is 1.00 bits per heavy atom. The molecule has 20 heavy (non-hydrogen) atoms. The van der Waals surface area contributed by atoms with Gasteiger partial charge in [-0.3, -0.25) is 10.2 Å². The van der Waals surface area contributed by atoms with Crippen molar-refractivity contribution < 1.29 is 4.79 Å². The second kappa shape index (κ2) is 6.48. The smallest absolute Gasteiger partial charge is 0.163 e. The standard InChI is InChI=1S/C16H15BrN2O/c17-14-8-6-12(7-9-14)15(20)10-3-11-1-4-13(5-2-11)16(18)19/h1-2,4-9H,3,10H2,(H3,18,19). The molecule has 0 atom stereocenters. The van der Waals surface area contributed by atoms with Crippen molar-refractivity contribution in [3.05, 3.63) is 69.7 Å². The van der Waals surface area contributed by atoms with E-state index in [0.717, 1.165) is 15.6 Å². The number of nitrogen functional groups attached to an aromatic ring is 1. The van der Waals surface area contributed by atoms with Gasteiger partial charge >= 0.3 is 0 Å². The van der Waals surface area contributed by atoms with E-state index in [0.29, 0.717) is 18.4 Å². The maximum absolute atomic E-state index is 12.0. The van der Waals surface area contributed by atoms with E-state index in [1.54, 1.807) is 0 Å². The second-order valence-corrected chi connectivity index (χ2v) is 5.46. The van der Waals surface area contributed by atoms with Gasteiger partial charge in [0.25, 0.3) is 0 Å². The number of carbonyl (C=O) groups is 1. The summed E-state index contributed by atoms with van der Waals surface area (Å²) in [5.74, 6) is 0.190. The number of nitrogens with one attached hydrogen (secondary N) is 1. The summed E-state index contributed by atoms with van der Waals surface area (Å²) in [4.78, 5) is 12.0. The quantitative estimate of drug-likeness (QED) is 0.500. The number of aryl methyl sites for hydroxylation is 1. The van der Waals surface area contributed by atoms with Gasteiger partial charge in [0.05, 0.1) is 0 Å². The third-order valence-corrected chi connectivity index (χ3v) is 3.60. The Kier molecular flexibility index (Phi) is 4.69. The highest BCUT2D eigenvalue weighted by Gasteiger charge is 2.06. The van der Waals surface area contributed by atoms with E-state index >= 15 is 0 Å². The van der Waals surface area contributed by atoms with E-state index in [2.05, 4.69) is 15.9 Å². The number of ketones is 1. The molecule has 0 radical (unpaired) electrons. The van der Waals surface area contributed by atoms with E-state index in [4.69, 9.17) is 11.1 Å². The van der Waals surface area contributed by atoms with Gasteiger partial charge < -0.3 is 5.73 Å². The van der Waals surface area contributed by atoms with Crippen molar-refractivity contribution in [3.8, 4) is 0 Å². The van der Waals surface area contributed by atoms with Gasteiger partial charge in [-0.25, -0.2) is 0 Å². The van der Waals surface area contributed by atoms with E-state index in [9.17, 15) is 4.79 Å². The number of hydrogen-bond acceptors (Lipinski definition) is 2. The molecule has 2 aromatic rings. The first kappa shape index (κ1) is 14.5. The highest BCUT2D eigenvalue weighted by Crippen LogP contribution is 2.13. The number of rotatable bonds is 5. The van der Waals surface area contributed by atoms with Gasteiger partial charge in [-0.05, 0) is 24.1 Å². The number of nitrogens with two attached hydrogens (primary N) is 1. The first-order chi connectivity index (χ1) is 9.56. The number of carbonyl (C=O) groups excluding carboxylic acids is 1. The Balaban J connectivity index is 1.96. The summed E-state index contributed by atoms with van der Waals surface area (Å²) in [5.41, 5.74) is 7.90. The Morgan fingerprint density at radius 3 is 2.10 bits per heavy atom. The van der Waals surface area contributed by atoms with Crippen molar-refractivity contribution in [3.63, 3.8) is 0 Å². The lowest BCUT2D eigenvalue weighted by molar-refractivity contribution is 0.0983. The molecule has 0 spiro atoms.